The van der Waals surface area contributed by atoms with Gasteiger partial charge in [-0.15, -0.1) is 0 Å². The van der Waals surface area contributed by atoms with Crippen LogP contribution in [-0.4, -0.2) is 16.0 Å². The molecule has 0 saturated heterocycles. The van der Waals surface area contributed by atoms with E-state index in [0.29, 0.717) is 22.8 Å². The standard InChI is InChI=1S/C12H10Cl2O2S/c1-8(15)17-5-3-2-4-9-6-11(14)12(16)7-10(9)13/h6-7,16H,3,5H2,1H3. The minimum atomic E-state index is -0.0608. The van der Waals surface area contributed by atoms with Crippen LogP contribution in [0.2, 0.25) is 10.0 Å². The van der Waals surface area contributed by atoms with Crippen LogP contribution in [0.1, 0.15) is 18.9 Å². The number of hydrogen-bond acceptors (Lipinski definition) is 3. The zero-order valence-electron chi connectivity index (χ0n) is 9.09. The second kappa shape index (κ2) is 6.80. The zero-order chi connectivity index (χ0) is 12.8. The monoisotopic (exact) mass is 288 g/mol. The fourth-order valence-corrected chi connectivity index (χ4v) is 1.90. The Bertz CT molecular complexity index is 489. The Morgan fingerprint density at radius 3 is 2.76 bits per heavy atom. The van der Waals surface area contributed by atoms with Gasteiger partial charge in [0.25, 0.3) is 0 Å². The molecule has 0 aromatic heterocycles. The van der Waals surface area contributed by atoms with E-state index in [-0.39, 0.29) is 15.9 Å². The highest BCUT2D eigenvalue weighted by molar-refractivity contribution is 8.13. The fraction of sp³-hybridized carbons (Fsp3) is 0.250. The van der Waals surface area contributed by atoms with Gasteiger partial charge in [0.2, 0.25) is 0 Å². The number of halogens is 2. The topological polar surface area (TPSA) is 37.3 Å². The molecule has 0 spiro atoms. The van der Waals surface area contributed by atoms with Crippen LogP contribution in [0.3, 0.4) is 0 Å². The molecule has 0 amide bonds. The van der Waals surface area contributed by atoms with E-state index in [2.05, 4.69) is 11.8 Å². The van der Waals surface area contributed by atoms with E-state index in [1.54, 1.807) is 0 Å². The van der Waals surface area contributed by atoms with Crippen molar-refractivity contribution in [1.29, 1.82) is 0 Å². The normalized spacial score (nSPS) is 9.59. The average Bonchev–Trinajstić information content (AvgIpc) is 2.24. The van der Waals surface area contributed by atoms with E-state index in [9.17, 15) is 9.90 Å². The molecule has 0 aliphatic rings. The Labute approximate surface area is 114 Å². The van der Waals surface area contributed by atoms with E-state index in [0.717, 1.165) is 0 Å². The molecule has 90 valence electrons. The predicted molar refractivity (Wildman–Crippen MR) is 72.8 cm³/mol. The zero-order valence-corrected chi connectivity index (χ0v) is 11.4. The van der Waals surface area contributed by atoms with E-state index in [4.69, 9.17) is 23.2 Å². The Kier molecular flexibility index (Phi) is 5.70. The molecule has 2 nitrogen and oxygen atoms in total. The molecule has 0 saturated carbocycles. The van der Waals surface area contributed by atoms with Gasteiger partial charge >= 0.3 is 0 Å². The Balaban J connectivity index is 2.66. The lowest BCUT2D eigenvalue weighted by Gasteiger charge is -1.99. The number of aromatic hydroxyl groups is 1. The number of carbonyl (C=O) groups is 1. The number of carbonyl (C=O) groups excluding carboxylic acids is 1. The molecular formula is C12H10Cl2O2S. The minimum Gasteiger partial charge on any atom is -0.506 e. The summed E-state index contributed by atoms with van der Waals surface area (Å²) >= 11 is 12.9. The molecule has 17 heavy (non-hydrogen) atoms. The Morgan fingerprint density at radius 1 is 1.41 bits per heavy atom. The van der Waals surface area contributed by atoms with Gasteiger partial charge in [0, 0.05) is 30.7 Å². The second-order valence-electron chi connectivity index (χ2n) is 3.18. The summed E-state index contributed by atoms with van der Waals surface area (Å²) in [4.78, 5) is 10.7. The summed E-state index contributed by atoms with van der Waals surface area (Å²) in [7, 11) is 0. The van der Waals surface area contributed by atoms with Gasteiger partial charge in [0.05, 0.1) is 10.0 Å². The van der Waals surface area contributed by atoms with Crippen molar-refractivity contribution in [3.05, 3.63) is 27.7 Å². The molecule has 0 bridgehead atoms. The van der Waals surface area contributed by atoms with E-state index < -0.39 is 0 Å². The number of phenolic OH excluding ortho intramolecular Hbond substituents is 1. The highest BCUT2D eigenvalue weighted by atomic mass is 35.5. The highest BCUT2D eigenvalue weighted by Crippen LogP contribution is 2.29. The summed E-state index contributed by atoms with van der Waals surface area (Å²) in [5.74, 6) is 6.35. The van der Waals surface area contributed by atoms with Crippen LogP contribution in [0.4, 0.5) is 0 Å². The lowest BCUT2D eigenvalue weighted by atomic mass is 10.2. The smallest absolute Gasteiger partial charge is 0.185 e. The van der Waals surface area contributed by atoms with Crippen molar-refractivity contribution in [3.63, 3.8) is 0 Å². The number of rotatable bonds is 2. The molecule has 0 aliphatic carbocycles. The summed E-state index contributed by atoms with van der Waals surface area (Å²) in [5.41, 5.74) is 0.572. The predicted octanol–water partition coefficient (Wildman–Crippen LogP) is 3.72. The molecule has 0 heterocycles. The molecule has 1 aromatic carbocycles. The summed E-state index contributed by atoms with van der Waals surface area (Å²) in [6.07, 6.45) is 0.596. The quantitative estimate of drug-likeness (QED) is 0.666. The molecule has 0 unspecified atom stereocenters. The van der Waals surface area contributed by atoms with Crippen LogP contribution in [0, 0.1) is 11.8 Å². The van der Waals surface area contributed by atoms with Gasteiger partial charge in [-0.3, -0.25) is 4.79 Å². The first-order valence-corrected chi connectivity index (χ1v) is 6.55. The molecule has 0 fully saturated rings. The van der Waals surface area contributed by atoms with Crippen molar-refractivity contribution in [2.75, 3.05) is 5.75 Å². The van der Waals surface area contributed by atoms with Crippen LogP contribution >= 0.6 is 35.0 Å². The molecular weight excluding hydrogens is 279 g/mol. The van der Waals surface area contributed by atoms with Crippen LogP contribution in [0.5, 0.6) is 5.75 Å². The number of hydrogen-bond donors (Lipinski definition) is 1. The first-order valence-electron chi connectivity index (χ1n) is 4.81. The van der Waals surface area contributed by atoms with Crippen LogP contribution in [0.25, 0.3) is 0 Å². The van der Waals surface area contributed by atoms with Crippen molar-refractivity contribution in [3.8, 4) is 17.6 Å². The maximum Gasteiger partial charge on any atom is 0.185 e. The van der Waals surface area contributed by atoms with Gasteiger partial charge in [-0.1, -0.05) is 46.8 Å². The summed E-state index contributed by atoms with van der Waals surface area (Å²) in [5, 5.41) is 9.95. The van der Waals surface area contributed by atoms with Crippen LogP contribution in [-0.2, 0) is 4.79 Å². The molecule has 1 aromatic rings. The Hall–Kier alpha value is -0.820. The van der Waals surface area contributed by atoms with Gasteiger partial charge in [-0.2, -0.15) is 0 Å². The van der Waals surface area contributed by atoms with Crippen molar-refractivity contribution >= 4 is 40.1 Å². The maximum absolute atomic E-state index is 10.7. The lowest BCUT2D eigenvalue weighted by Crippen LogP contribution is -1.84. The van der Waals surface area contributed by atoms with Gasteiger partial charge in [0.1, 0.15) is 5.75 Å². The molecule has 0 aliphatic heterocycles. The van der Waals surface area contributed by atoms with E-state index in [1.807, 2.05) is 0 Å². The second-order valence-corrected chi connectivity index (χ2v) is 5.26. The first-order chi connectivity index (χ1) is 8.00. The third-order valence-corrected chi connectivity index (χ3v) is 3.22. The largest absolute Gasteiger partial charge is 0.506 e. The SMILES string of the molecule is CC(=O)SCCC#Cc1cc(Cl)c(O)cc1Cl. The average molecular weight is 289 g/mol. The van der Waals surface area contributed by atoms with Gasteiger partial charge < -0.3 is 5.11 Å². The molecule has 5 heteroatoms. The van der Waals surface area contributed by atoms with Gasteiger partial charge in [-0.05, 0) is 6.07 Å². The van der Waals surface area contributed by atoms with Crippen molar-refractivity contribution in [2.24, 2.45) is 0 Å². The third kappa shape index (κ3) is 4.91. The minimum absolute atomic E-state index is 0.0608. The number of thioether (sulfide) groups is 1. The summed E-state index contributed by atoms with van der Waals surface area (Å²) < 4.78 is 0. The fourth-order valence-electron chi connectivity index (χ4n) is 1.04. The number of phenols is 1. The summed E-state index contributed by atoms with van der Waals surface area (Å²) in [6.45, 7) is 1.52. The van der Waals surface area contributed by atoms with Crippen molar-refractivity contribution < 1.29 is 9.90 Å². The molecule has 0 radical (unpaired) electrons. The summed E-state index contributed by atoms with van der Waals surface area (Å²) in [6, 6.07) is 2.88. The Morgan fingerprint density at radius 2 is 2.12 bits per heavy atom. The molecule has 0 atom stereocenters. The first kappa shape index (κ1) is 14.2. The molecule has 1 N–H and O–H groups in total. The van der Waals surface area contributed by atoms with E-state index >= 15 is 0 Å². The van der Waals surface area contributed by atoms with Crippen molar-refractivity contribution in [1.82, 2.24) is 0 Å². The maximum atomic E-state index is 10.7. The molecule has 1 rings (SSSR count). The van der Waals surface area contributed by atoms with Gasteiger partial charge in [0.15, 0.2) is 5.12 Å². The lowest BCUT2D eigenvalue weighted by molar-refractivity contribution is -0.109. The van der Waals surface area contributed by atoms with E-state index in [1.165, 1.54) is 30.8 Å². The number of benzene rings is 1. The highest BCUT2D eigenvalue weighted by Gasteiger charge is 2.03. The van der Waals surface area contributed by atoms with Crippen LogP contribution < -0.4 is 0 Å². The van der Waals surface area contributed by atoms with Crippen LogP contribution in [0.15, 0.2) is 12.1 Å². The third-order valence-electron chi connectivity index (χ3n) is 1.79. The van der Waals surface area contributed by atoms with Crippen molar-refractivity contribution in [2.45, 2.75) is 13.3 Å². The van der Waals surface area contributed by atoms with Gasteiger partial charge in [-0.25, -0.2) is 0 Å².